The second-order valence-electron chi connectivity index (χ2n) is 4.41. The van der Waals surface area contributed by atoms with Crippen LogP contribution in [-0.2, 0) is 0 Å². The number of fused-ring (bicyclic) bond motifs is 1. The van der Waals surface area contributed by atoms with Gasteiger partial charge in [-0.15, -0.1) is 0 Å². The van der Waals surface area contributed by atoms with Crippen LogP contribution in [0, 0.1) is 12.8 Å². The van der Waals surface area contributed by atoms with Gasteiger partial charge in [0.15, 0.2) is 0 Å². The average Bonchev–Trinajstić information content (AvgIpc) is 2.95. The zero-order chi connectivity index (χ0) is 11.0. The Morgan fingerprint density at radius 2 is 2.38 bits per heavy atom. The van der Waals surface area contributed by atoms with Gasteiger partial charge in [0.25, 0.3) is 5.78 Å². The summed E-state index contributed by atoms with van der Waals surface area (Å²) in [6.45, 7) is 2.98. The fourth-order valence-corrected chi connectivity index (χ4v) is 1.87. The third-order valence-corrected chi connectivity index (χ3v) is 2.94. The zero-order valence-electron chi connectivity index (χ0n) is 9.35. The highest BCUT2D eigenvalue weighted by Crippen LogP contribution is 2.32. The van der Waals surface area contributed by atoms with Gasteiger partial charge in [0.05, 0.1) is 0 Å². The van der Waals surface area contributed by atoms with Gasteiger partial charge in [-0.3, -0.25) is 0 Å². The number of rotatable bonds is 4. The third-order valence-electron chi connectivity index (χ3n) is 2.94. The fraction of sp³-hybridized carbons (Fsp3) is 0.545. The molecule has 0 amide bonds. The van der Waals surface area contributed by atoms with Crippen molar-refractivity contribution in [1.82, 2.24) is 19.6 Å². The molecule has 0 radical (unpaired) electrons. The molecule has 84 valence electrons. The summed E-state index contributed by atoms with van der Waals surface area (Å²) < 4.78 is 1.75. The minimum atomic E-state index is 0.661. The minimum absolute atomic E-state index is 0.661. The number of hydrogen-bond acceptors (Lipinski definition) is 4. The molecule has 0 unspecified atom stereocenters. The van der Waals surface area contributed by atoms with Crippen molar-refractivity contribution in [3.05, 3.63) is 18.1 Å². The number of anilines is 1. The normalized spacial score (nSPS) is 15.6. The van der Waals surface area contributed by atoms with Crippen LogP contribution in [0.4, 0.5) is 5.82 Å². The molecule has 2 heterocycles. The summed E-state index contributed by atoms with van der Waals surface area (Å²) in [5.74, 6) is 2.59. The lowest BCUT2D eigenvalue weighted by Gasteiger charge is -2.07. The van der Waals surface area contributed by atoms with Crippen molar-refractivity contribution in [3.8, 4) is 0 Å². The van der Waals surface area contributed by atoms with Crippen LogP contribution in [0.25, 0.3) is 5.78 Å². The molecule has 1 aliphatic carbocycles. The van der Waals surface area contributed by atoms with Crippen LogP contribution in [-0.4, -0.2) is 26.1 Å². The van der Waals surface area contributed by atoms with Crippen molar-refractivity contribution in [2.45, 2.75) is 26.2 Å². The van der Waals surface area contributed by atoms with Gasteiger partial charge in [-0.1, -0.05) is 12.8 Å². The van der Waals surface area contributed by atoms with E-state index in [-0.39, 0.29) is 0 Å². The van der Waals surface area contributed by atoms with Gasteiger partial charge in [-0.2, -0.15) is 14.6 Å². The van der Waals surface area contributed by atoms with E-state index < -0.39 is 0 Å². The Morgan fingerprint density at radius 1 is 1.50 bits per heavy atom. The van der Waals surface area contributed by atoms with E-state index in [1.807, 2.05) is 13.0 Å². The summed E-state index contributed by atoms with van der Waals surface area (Å²) in [4.78, 5) is 8.40. The van der Waals surface area contributed by atoms with E-state index in [4.69, 9.17) is 0 Å². The van der Waals surface area contributed by atoms with Crippen LogP contribution in [0.1, 0.15) is 25.0 Å². The monoisotopic (exact) mass is 217 g/mol. The smallest absolute Gasteiger partial charge is 0.254 e. The molecule has 1 fully saturated rings. The first-order chi connectivity index (χ1) is 7.83. The summed E-state index contributed by atoms with van der Waals surface area (Å²) in [5.41, 5.74) is 0.967. The molecule has 0 atom stereocenters. The zero-order valence-corrected chi connectivity index (χ0v) is 9.35. The molecule has 0 spiro atoms. The van der Waals surface area contributed by atoms with E-state index in [2.05, 4.69) is 20.4 Å². The van der Waals surface area contributed by atoms with Crippen LogP contribution in [0.5, 0.6) is 0 Å². The Labute approximate surface area is 93.9 Å². The van der Waals surface area contributed by atoms with Crippen molar-refractivity contribution in [2.24, 2.45) is 5.92 Å². The maximum Gasteiger partial charge on any atom is 0.254 e. The summed E-state index contributed by atoms with van der Waals surface area (Å²) in [6, 6.07) is 2.01. The molecule has 5 nitrogen and oxygen atoms in total. The van der Waals surface area contributed by atoms with Gasteiger partial charge < -0.3 is 5.32 Å². The van der Waals surface area contributed by atoms with Crippen molar-refractivity contribution in [1.29, 1.82) is 0 Å². The molecule has 0 bridgehead atoms. The lowest BCUT2D eigenvalue weighted by atomic mass is 10.3. The molecule has 0 aliphatic heterocycles. The lowest BCUT2D eigenvalue weighted by Crippen LogP contribution is -2.08. The first kappa shape index (κ1) is 9.57. The van der Waals surface area contributed by atoms with Crippen molar-refractivity contribution < 1.29 is 0 Å². The van der Waals surface area contributed by atoms with E-state index in [1.165, 1.54) is 25.6 Å². The molecule has 0 saturated heterocycles. The number of nitrogens with one attached hydrogen (secondary N) is 1. The quantitative estimate of drug-likeness (QED) is 0.846. The molecular formula is C11H15N5. The number of hydrogen-bond donors (Lipinski definition) is 1. The van der Waals surface area contributed by atoms with E-state index in [0.29, 0.717) is 5.78 Å². The van der Waals surface area contributed by atoms with Gasteiger partial charge in [0.2, 0.25) is 0 Å². The Bertz CT molecular complexity index is 500. The Balaban J connectivity index is 1.80. The maximum atomic E-state index is 4.30. The average molecular weight is 217 g/mol. The van der Waals surface area contributed by atoms with Crippen molar-refractivity contribution >= 4 is 11.6 Å². The molecule has 1 N–H and O–H groups in total. The van der Waals surface area contributed by atoms with Gasteiger partial charge in [0.1, 0.15) is 12.1 Å². The SMILES string of the molecule is Cc1cc(NCCC2CC2)n2ncnc2n1. The topological polar surface area (TPSA) is 55.1 Å². The largest absolute Gasteiger partial charge is 0.370 e. The van der Waals surface area contributed by atoms with Crippen LogP contribution in [0.3, 0.4) is 0 Å². The molecule has 5 heteroatoms. The number of aryl methyl sites for hydroxylation is 1. The standard InChI is InChI=1S/C11H15N5/c1-8-6-10(12-5-4-9-2-3-9)16-11(15-8)13-7-14-16/h6-7,9,12H,2-5H2,1H3. The van der Waals surface area contributed by atoms with Crippen LogP contribution < -0.4 is 5.32 Å². The Kier molecular flexibility index (Phi) is 2.23. The molecule has 1 aliphatic rings. The fourth-order valence-electron chi connectivity index (χ4n) is 1.87. The van der Waals surface area contributed by atoms with E-state index in [0.717, 1.165) is 24.0 Å². The lowest BCUT2D eigenvalue weighted by molar-refractivity contribution is 0.753. The molecule has 0 aromatic carbocycles. The Morgan fingerprint density at radius 3 is 3.19 bits per heavy atom. The highest BCUT2D eigenvalue weighted by atomic mass is 15.3. The van der Waals surface area contributed by atoms with E-state index in [9.17, 15) is 0 Å². The van der Waals surface area contributed by atoms with Crippen LogP contribution >= 0.6 is 0 Å². The van der Waals surface area contributed by atoms with Gasteiger partial charge >= 0.3 is 0 Å². The molecule has 2 aromatic rings. The highest BCUT2D eigenvalue weighted by Gasteiger charge is 2.20. The van der Waals surface area contributed by atoms with Gasteiger partial charge in [-0.25, -0.2) is 4.98 Å². The number of aromatic nitrogens is 4. The first-order valence-corrected chi connectivity index (χ1v) is 5.74. The van der Waals surface area contributed by atoms with Gasteiger partial charge in [0, 0.05) is 18.3 Å². The highest BCUT2D eigenvalue weighted by molar-refractivity contribution is 5.44. The summed E-state index contributed by atoms with van der Waals surface area (Å²) in [6.07, 6.45) is 5.58. The molecule has 1 saturated carbocycles. The first-order valence-electron chi connectivity index (χ1n) is 5.74. The third kappa shape index (κ3) is 1.85. The predicted molar refractivity (Wildman–Crippen MR) is 61.3 cm³/mol. The Hall–Kier alpha value is -1.65. The molecule has 3 rings (SSSR count). The maximum absolute atomic E-state index is 4.30. The second kappa shape index (κ2) is 3.73. The van der Waals surface area contributed by atoms with Crippen LogP contribution in [0.2, 0.25) is 0 Å². The van der Waals surface area contributed by atoms with Gasteiger partial charge in [-0.05, 0) is 19.3 Å². The van der Waals surface area contributed by atoms with E-state index in [1.54, 1.807) is 4.52 Å². The van der Waals surface area contributed by atoms with E-state index >= 15 is 0 Å². The second-order valence-corrected chi connectivity index (χ2v) is 4.41. The minimum Gasteiger partial charge on any atom is -0.370 e. The summed E-state index contributed by atoms with van der Waals surface area (Å²) in [7, 11) is 0. The molecule has 16 heavy (non-hydrogen) atoms. The van der Waals surface area contributed by atoms with Crippen molar-refractivity contribution in [3.63, 3.8) is 0 Å². The summed E-state index contributed by atoms with van der Waals surface area (Å²) in [5, 5.41) is 7.56. The molecular weight excluding hydrogens is 202 g/mol. The predicted octanol–water partition coefficient (Wildman–Crippen LogP) is 1.64. The number of nitrogens with zero attached hydrogens (tertiary/aromatic N) is 4. The van der Waals surface area contributed by atoms with Crippen LogP contribution in [0.15, 0.2) is 12.4 Å². The molecule has 2 aromatic heterocycles. The summed E-state index contributed by atoms with van der Waals surface area (Å²) >= 11 is 0. The van der Waals surface area contributed by atoms with Crippen molar-refractivity contribution in [2.75, 3.05) is 11.9 Å².